The maximum Gasteiger partial charge on any atom is 0.238 e. The molecule has 0 saturated carbocycles. The molecule has 0 heterocycles. The van der Waals surface area contributed by atoms with Gasteiger partial charge in [0.1, 0.15) is 0 Å². The Hall–Kier alpha value is -0.520. The van der Waals surface area contributed by atoms with E-state index in [0.29, 0.717) is 28.9 Å². The Kier molecular flexibility index (Phi) is 9.14. The second kappa shape index (κ2) is 9.42. The van der Waals surface area contributed by atoms with Crippen LogP contribution in [0, 0.1) is 0 Å². The standard InChI is InChI=1S/C11H14Cl2N2O2.ClH/c1-17-5-4-14-7-11(16)15-8-2-3-9(12)10(13)6-8;/h2-3,6,14H,4-5,7H2,1H3,(H,15,16);1H. The van der Waals surface area contributed by atoms with Gasteiger partial charge < -0.3 is 15.4 Å². The summed E-state index contributed by atoms with van der Waals surface area (Å²) in [5.41, 5.74) is 0.623. The molecular weight excluding hydrogens is 298 g/mol. The minimum Gasteiger partial charge on any atom is -0.383 e. The lowest BCUT2D eigenvalue weighted by atomic mass is 10.3. The molecule has 1 aromatic rings. The molecule has 0 aromatic heterocycles. The Morgan fingerprint density at radius 1 is 1.33 bits per heavy atom. The maximum absolute atomic E-state index is 11.5. The van der Waals surface area contributed by atoms with Crippen LogP contribution in [0.4, 0.5) is 5.69 Å². The predicted molar refractivity (Wildman–Crippen MR) is 77.1 cm³/mol. The molecule has 7 heteroatoms. The van der Waals surface area contributed by atoms with E-state index in [1.807, 2.05) is 0 Å². The van der Waals surface area contributed by atoms with E-state index in [4.69, 9.17) is 27.9 Å². The van der Waals surface area contributed by atoms with Crippen LogP contribution in [0.5, 0.6) is 0 Å². The third kappa shape index (κ3) is 6.42. The normalized spacial score (nSPS) is 9.72. The van der Waals surface area contributed by atoms with Crippen LogP contribution in [0.2, 0.25) is 10.0 Å². The first-order valence-electron chi connectivity index (χ1n) is 5.08. The van der Waals surface area contributed by atoms with Crippen LogP contribution in [0.25, 0.3) is 0 Å². The third-order valence-corrected chi connectivity index (χ3v) is 2.71. The first kappa shape index (κ1) is 17.5. The lowest BCUT2D eigenvalue weighted by molar-refractivity contribution is -0.115. The molecule has 0 aliphatic carbocycles. The number of rotatable bonds is 6. The molecule has 0 unspecified atom stereocenters. The summed E-state index contributed by atoms with van der Waals surface area (Å²) in [7, 11) is 1.61. The van der Waals surface area contributed by atoms with Crippen molar-refractivity contribution in [3.8, 4) is 0 Å². The fraction of sp³-hybridized carbons (Fsp3) is 0.364. The highest BCUT2D eigenvalue weighted by molar-refractivity contribution is 6.42. The molecule has 0 saturated heterocycles. The van der Waals surface area contributed by atoms with Gasteiger partial charge in [-0.3, -0.25) is 4.79 Å². The summed E-state index contributed by atoms with van der Waals surface area (Å²) in [6.45, 7) is 1.43. The van der Waals surface area contributed by atoms with E-state index in [-0.39, 0.29) is 24.9 Å². The van der Waals surface area contributed by atoms with Crippen LogP contribution in [0.3, 0.4) is 0 Å². The molecular formula is C11H15Cl3N2O2. The Balaban J connectivity index is 0.00000289. The van der Waals surface area contributed by atoms with Crippen LogP contribution in [0.15, 0.2) is 18.2 Å². The predicted octanol–water partition coefficient (Wildman–Crippen LogP) is 2.59. The van der Waals surface area contributed by atoms with Gasteiger partial charge in [-0.15, -0.1) is 12.4 Å². The van der Waals surface area contributed by atoms with Crippen LogP contribution >= 0.6 is 35.6 Å². The molecule has 1 rings (SSSR count). The fourth-order valence-corrected chi connectivity index (χ4v) is 1.45. The van der Waals surface area contributed by atoms with Crippen molar-refractivity contribution in [1.29, 1.82) is 0 Å². The molecule has 0 aliphatic heterocycles. The molecule has 4 nitrogen and oxygen atoms in total. The van der Waals surface area contributed by atoms with E-state index < -0.39 is 0 Å². The van der Waals surface area contributed by atoms with E-state index in [1.54, 1.807) is 25.3 Å². The van der Waals surface area contributed by atoms with Gasteiger partial charge in [-0.2, -0.15) is 0 Å². The van der Waals surface area contributed by atoms with E-state index >= 15 is 0 Å². The molecule has 2 N–H and O–H groups in total. The summed E-state index contributed by atoms with van der Waals surface area (Å²) >= 11 is 11.6. The van der Waals surface area contributed by atoms with Gasteiger partial charge >= 0.3 is 0 Å². The van der Waals surface area contributed by atoms with Crippen molar-refractivity contribution in [3.05, 3.63) is 28.2 Å². The van der Waals surface area contributed by atoms with E-state index in [1.165, 1.54) is 0 Å². The Bertz CT molecular complexity index is 389. The van der Waals surface area contributed by atoms with Crippen LogP contribution in [-0.2, 0) is 9.53 Å². The number of carbonyl (C=O) groups is 1. The average Bonchev–Trinajstić information content (AvgIpc) is 2.30. The fourth-order valence-electron chi connectivity index (χ4n) is 1.16. The molecule has 0 atom stereocenters. The third-order valence-electron chi connectivity index (χ3n) is 1.97. The smallest absolute Gasteiger partial charge is 0.238 e. The Morgan fingerprint density at radius 3 is 2.67 bits per heavy atom. The first-order valence-corrected chi connectivity index (χ1v) is 5.83. The number of amides is 1. The first-order chi connectivity index (χ1) is 8.13. The van der Waals surface area contributed by atoms with Gasteiger partial charge in [-0.25, -0.2) is 0 Å². The lowest BCUT2D eigenvalue weighted by Gasteiger charge is -2.07. The second-order valence-corrected chi connectivity index (χ2v) is 4.16. The minimum atomic E-state index is -0.139. The molecule has 0 spiro atoms. The molecule has 0 aliphatic rings. The average molecular weight is 314 g/mol. The van der Waals surface area contributed by atoms with Crippen molar-refractivity contribution in [2.75, 3.05) is 32.1 Å². The maximum atomic E-state index is 11.5. The molecule has 0 radical (unpaired) electrons. The molecule has 102 valence electrons. The van der Waals surface area contributed by atoms with Gasteiger partial charge in [0.2, 0.25) is 5.91 Å². The van der Waals surface area contributed by atoms with Crippen molar-refractivity contribution >= 4 is 47.2 Å². The number of anilines is 1. The minimum absolute atomic E-state index is 0. The van der Waals surface area contributed by atoms with Gasteiger partial charge in [-0.05, 0) is 18.2 Å². The summed E-state index contributed by atoms with van der Waals surface area (Å²) in [5.74, 6) is -0.139. The van der Waals surface area contributed by atoms with Crippen molar-refractivity contribution in [3.63, 3.8) is 0 Å². The summed E-state index contributed by atoms with van der Waals surface area (Å²) in [5, 5.41) is 6.51. The number of carbonyl (C=O) groups excluding carboxylic acids is 1. The van der Waals surface area contributed by atoms with Crippen LogP contribution < -0.4 is 10.6 Å². The quantitative estimate of drug-likeness (QED) is 0.794. The lowest BCUT2D eigenvalue weighted by Crippen LogP contribution is -2.30. The van der Waals surface area contributed by atoms with Gasteiger partial charge in [0.05, 0.1) is 23.2 Å². The number of methoxy groups -OCH3 is 1. The number of hydrogen-bond acceptors (Lipinski definition) is 3. The summed E-state index contributed by atoms with van der Waals surface area (Å²) < 4.78 is 4.84. The second-order valence-electron chi connectivity index (χ2n) is 3.35. The molecule has 1 amide bonds. The van der Waals surface area contributed by atoms with E-state index in [2.05, 4.69) is 10.6 Å². The van der Waals surface area contributed by atoms with E-state index in [9.17, 15) is 4.79 Å². The molecule has 0 bridgehead atoms. The van der Waals surface area contributed by atoms with Crippen molar-refractivity contribution in [2.24, 2.45) is 0 Å². The number of benzene rings is 1. The monoisotopic (exact) mass is 312 g/mol. The highest BCUT2D eigenvalue weighted by Crippen LogP contribution is 2.24. The molecule has 0 fully saturated rings. The summed E-state index contributed by atoms with van der Waals surface area (Å²) in [6.07, 6.45) is 0. The molecule has 18 heavy (non-hydrogen) atoms. The van der Waals surface area contributed by atoms with Crippen molar-refractivity contribution in [2.45, 2.75) is 0 Å². The summed E-state index contributed by atoms with van der Waals surface area (Å²) in [6, 6.07) is 4.94. The number of nitrogens with one attached hydrogen (secondary N) is 2. The zero-order chi connectivity index (χ0) is 12.7. The zero-order valence-corrected chi connectivity index (χ0v) is 12.2. The van der Waals surface area contributed by atoms with Gasteiger partial charge in [0.25, 0.3) is 0 Å². The van der Waals surface area contributed by atoms with Crippen LogP contribution in [0.1, 0.15) is 0 Å². The van der Waals surface area contributed by atoms with E-state index in [0.717, 1.165) is 0 Å². The Morgan fingerprint density at radius 2 is 2.06 bits per heavy atom. The van der Waals surface area contributed by atoms with Gasteiger partial charge in [0, 0.05) is 19.3 Å². The van der Waals surface area contributed by atoms with Crippen molar-refractivity contribution in [1.82, 2.24) is 5.32 Å². The highest BCUT2D eigenvalue weighted by Gasteiger charge is 2.03. The zero-order valence-electron chi connectivity index (χ0n) is 9.83. The Labute approximate surface area is 122 Å². The number of hydrogen-bond donors (Lipinski definition) is 2. The van der Waals surface area contributed by atoms with Crippen molar-refractivity contribution < 1.29 is 9.53 Å². The largest absolute Gasteiger partial charge is 0.383 e. The van der Waals surface area contributed by atoms with Gasteiger partial charge in [-0.1, -0.05) is 23.2 Å². The van der Waals surface area contributed by atoms with Gasteiger partial charge in [0.15, 0.2) is 0 Å². The summed E-state index contributed by atoms with van der Waals surface area (Å²) in [4.78, 5) is 11.5. The number of ether oxygens (including phenoxy) is 1. The topological polar surface area (TPSA) is 50.4 Å². The molecule has 1 aromatic carbocycles. The highest BCUT2D eigenvalue weighted by atomic mass is 35.5. The number of halogens is 3. The SMILES string of the molecule is COCCNCC(=O)Nc1ccc(Cl)c(Cl)c1.Cl. The van der Waals surface area contributed by atoms with Crippen LogP contribution in [-0.4, -0.2) is 32.7 Å².